The van der Waals surface area contributed by atoms with E-state index in [1.807, 2.05) is 25.1 Å². The van der Waals surface area contributed by atoms with Crippen molar-refractivity contribution in [1.29, 1.82) is 0 Å². The molecule has 0 aliphatic carbocycles. The molecule has 0 fully saturated rings. The lowest BCUT2D eigenvalue weighted by Gasteiger charge is -2.18. The topological polar surface area (TPSA) is 71.0 Å². The Morgan fingerprint density at radius 1 is 1.20 bits per heavy atom. The number of methoxy groups -OCH3 is 1. The molecule has 3 atom stereocenters. The third-order valence-corrected chi connectivity index (χ3v) is 2.88. The fraction of sp³-hybridized carbons (Fsp3) is 0.600. The van der Waals surface area contributed by atoms with Crippen molar-refractivity contribution in [3.8, 4) is 11.5 Å². The Morgan fingerprint density at radius 2 is 1.90 bits per heavy atom. The van der Waals surface area contributed by atoms with Crippen LogP contribution in [0.15, 0.2) is 24.3 Å². The number of nitrogens with one attached hydrogen (secondary N) is 1. The molecule has 0 radical (unpaired) electrons. The summed E-state index contributed by atoms with van der Waals surface area (Å²) in [6.07, 6.45) is -0.288. The number of hydrogen-bond acceptors (Lipinski definition) is 5. The van der Waals surface area contributed by atoms with Gasteiger partial charge >= 0.3 is 0 Å². The fourth-order valence-electron chi connectivity index (χ4n) is 1.87. The molecule has 114 valence electrons. The molecule has 3 N–H and O–H groups in total. The summed E-state index contributed by atoms with van der Waals surface area (Å²) in [5.41, 5.74) is 0. The molecule has 1 aromatic carbocycles. The van der Waals surface area contributed by atoms with Gasteiger partial charge in [-0.1, -0.05) is 6.07 Å². The predicted octanol–water partition coefficient (Wildman–Crippen LogP) is 1.18. The average Bonchev–Trinajstić information content (AvgIpc) is 2.42. The summed E-state index contributed by atoms with van der Waals surface area (Å²) in [5, 5.41) is 22.2. The second kappa shape index (κ2) is 8.79. The molecular formula is C15H25NO4. The molecule has 0 amide bonds. The van der Waals surface area contributed by atoms with Crippen LogP contribution in [0.1, 0.15) is 20.3 Å². The van der Waals surface area contributed by atoms with Gasteiger partial charge in [-0.15, -0.1) is 0 Å². The molecule has 3 unspecified atom stereocenters. The maximum absolute atomic E-state index is 9.84. The van der Waals surface area contributed by atoms with E-state index in [-0.39, 0.29) is 18.8 Å². The molecule has 1 aromatic rings. The first kappa shape index (κ1) is 16.8. The zero-order chi connectivity index (χ0) is 15.0. The quantitative estimate of drug-likeness (QED) is 0.635. The van der Waals surface area contributed by atoms with E-state index in [0.717, 1.165) is 5.75 Å². The smallest absolute Gasteiger partial charge is 0.123 e. The van der Waals surface area contributed by atoms with Crippen LogP contribution in [0.3, 0.4) is 0 Å². The molecule has 0 spiro atoms. The monoisotopic (exact) mass is 283 g/mol. The molecule has 0 aliphatic heterocycles. The average molecular weight is 283 g/mol. The van der Waals surface area contributed by atoms with E-state index in [9.17, 15) is 10.2 Å². The highest BCUT2D eigenvalue weighted by Gasteiger charge is 2.10. The largest absolute Gasteiger partial charge is 0.497 e. The van der Waals surface area contributed by atoms with Crippen LogP contribution in [-0.4, -0.2) is 48.7 Å². The summed E-state index contributed by atoms with van der Waals surface area (Å²) in [6.45, 7) is 4.36. The van der Waals surface area contributed by atoms with Crippen LogP contribution in [0.5, 0.6) is 11.5 Å². The van der Waals surface area contributed by atoms with Crippen molar-refractivity contribution in [2.75, 3.05) is 20.3 Å². The van der Waals surface area contributed by atoms with Gasteiger partial charge in [0.25, 0.3) is 0 Å². The third kappa shape index (κ3) is 6.75. The summed E-state index contributed by atoms with van der Waals surface area (Å²) in [5.74, 6) is 1.39. The Morgan fingerprint density at radius 3 is 2.55 bits per heavy atom. The lowest BCUT2D eigenvalue weighted by molar-refractivity contribution is 0.0999. The van der Waals surface area contributed by atoms with Crippen LogP contribution >= 0.6 is 0 Å². The molecule has 1 rings (SSSR count). The van der Waals surface area contributed by atoms with E-state index in [4.69, 9.17) is 9.47 Å². The summed E-state index contributed by atoms with van der Waals surface area (Å²) < 4.78 is 10.6. The number of hydrogen-bond donors (Lipinski definition) is 3. The van der Waals surface area contributed by atoms with Crippen molar-refractivity contribution in [3.05, 3.63) is 24.3 Å². The van der Waals surface area contributed by atoms with Crippen molar-refractivity contribution >= 4 is 0 Å². The van der Waals surface area contributed by atoms with Crippen LogP contribution < -0.4 is 14.8 Å². The van der Waals surface area contributed by atoms with Crippen LogP contribution in [0.4, 0.5) is 0 Å². The number of benzene rings is 1. The van der Waals surface area contributed by atoms with Crippen LogP contribution in [0.2, 0.25) is 0 Å². The van der Waals surface area contributed by atoms with Crippen molar-refractivity contribution < 1.29 is 19.7 Å². The summed E-state index contributed by atoms with van der Waals surface area (Å²) >= 11 is 0. The van der Waals surface area contributed by atoms with Crippen molar-refractivity contribution in [2.24, 2.45) is 0 Å². The van der Waals surface area contributed by atoms with Gasteiger partial charge in [-0.2, -0.15) is 0 Å². The van der Waals surface area contributed by atoms with E-state index in [2.05, 4.69) is 5.32 Å². The Kier molecular flexibility index (Phi) is 7.36. The Hall–Kier alpha value is -1.30. The van der Waals surface area contributed by atoms with E-state index < -0.39 is 6.10 Å². The van der Waals surface area contributed by atoms with Crippen LogP contribution in [0.25, 0.3) is 0 Å². The summed E-state index contributed by atoms with van der Waals surface area (Å²) in [4.78, 5) is 0. The first-order valence-electron chi connectivity index (χ1n) is 6.87. The number of rotatable bonds is 9. The summed E-state index contributed by atoms with van der Waals surface area (Å²) in [6, 6.07) is 7.42. The SMILES string of the molecule is COc1cccc(OCC(O)CNC(C)CC(C)O)c1. The minimum atomic E-state index is -0.599. The minimum Gasteiger partial charge on any atom is -0.497 e. The van der Waals surface area contributed by atoms with Gasteiger partial charge in [0.2, 0.25) is 0 Å². The maximum atomic E-state index is 9.84. The Balaban J connectivity index is 2.27. The minimum absolute atomic E-state index is 0.154. The third-order valence-electron chi connectivity index (χ3n) is 2.88. The van der Waals surface area contributed by atoms with Crippen molar-refractivity contribution in [3.63, 3.8) is 0 Å². The van der Waals surface area contributed by atoms with Gasteiger partial charge in [0.05, 0.1) is 13.2 Å². The molecule has 0 aliphatic rings. The van der Waals surface area contributed by atoms with Crippen molar-refractivity contribution in [2.45, 2.75) is 38.5 Å². The number of aliphatic hydroxyl groups excluding tert-OH is 2. The highest BCUT2D eigenvalue weighted by Crippen LogP contribution is 2.18. The lowest BCUT2D eigenvalue weighted by atomic mass is 10.1. The van der Waals surface area contributed by atoms with E-state index >= 15 is 0 Å². The second-order valence-corrected chi connectivity index (χ2v) is 5.04. The Labute approximate surface area is 120 Å². The summed E-state index contributed by atoms with van der Waals surface area (Å²) in [7, 11) is 1.60. The molecule has 0 saturated heterocycles. The predicted molar refractivity (Wildman–Crippen MR) is 78.3 cm³/mol. The molecule has 0 saturated carbocycles. The van der Waals surface area contributed by atoms with Gasteiger partial charge in [0, 0.05) is 18.7 Å². The standard InChI is InChI=1S/C15H25NO4/c1-11(7-12(2)17)16-9-13(18)10-20-15-6-4-5-14(8-15)19-3/h4-6,8,11-13,16-18H,7,9-10H2,1-3H3. The van der Waals surface area contributed by atoms with E-state index in [1.165, 1.54) is 0 Å². The van der Waals surface area contributed by atoms with Crippen LogP contribution in [0, 0.1) is 0 Å². The fourth-order valence-corrected chi connectivity index (χ4v) is 1.87. The zero-order valence-corrected chi connectivity index (χ0v) is 12.4. The molecule has 5 heteroatoms. The van der Waals surface area contributed by atoms with Gasteiger partial charge in [-0.25, -0.2) is 0 Å². The van der Waals surface area contributed by atoms with Gasteiger partial charge in [-0.05, 0) is 32.4 Å². The molecule has 0 heterocycles. The molecule has 20 heavy (non-hydrogen) atoms. The highest BCUT2D eigenvalue weighted by atomic mass is 16.5. The molecule has 0 aromatic heterocycles. The van der Waals surface area contributed by atoms with Gasteiger partial charge in [0.1, 0.15) is 24.2 Å². The van der Waals surface area contributed by atoms with Crippen molar-refractivity contribution in [1.82, 2.24) is 5.32 Å². The van der Waals surface area contributed by atoms with E-state index in [0.29, 0.717) is 18.7 Å². The van der Waals surface area contributed by atoms with E-state index in [1.54, 1.807) is 20.1 Å². The van der Waals surface area contributed by atoms with Crippen LogP contribution in [-0.2, 0) is 0 Å². The zero-order valence-electron chi connectivity index (χ0n) is 12.4. The first-order chi connectivity index (χ1) is 9.51. The Bertz CT molecular complexity index is 384. The van der Waals surface area contributed by atoms with Gasteiger partial charge in [-0.3, -0.25) is 0 Å². The van der Waals surface area contributed by atoms with Gasteiger partial charge in [0.15, 0.2) is 0 Å². The maximum Gasteiger partial charge on any atom is 0.123 e. The molecule has 0 bridgehead atoms. The number of ether oxygens (including phenoxy) is 2. The normalized spacial score (nSPS) is 15.4. The highest BCUT2D eigenvalue weighted by molar-refractivity contribution is 5.32. The second-order valence-electron chi connectivity index (χ2n) is 5.04. The molecular weight excluding hydrogens is 258 g/mol. The van der Waals surface area contributed by atoms with Gasteiger partial charge < -0.3 is 25.0 Å². The first-order valence-corrected chi connectivity index (χ1v) is 6.87. The molecule has 5 nitrogen and oxygen atoms in total. The lowest BCUT2D eigenvalue weighted by Crippen LogP contribution is -2.37. The number of aliphatic hydroxyl groups is 2.